The highest BCUT2D eigenvalue weighted by Crippen LogP contribution is 2.42. The van der Waals surface area contributed by atoms with E-state index in [1.54, 1.807) is 0 Å². The highest BCUT2D eigenvalue weighted by atomic mass is 16.3. The van der Waals surface area contributed by atoms with Crippen LogP contribution >= 0.6 is 0 Å². The van der Waals surface area contributed by atoms with Crippen molar-refractivity contribution in [1.29, 1.82) is 5.41 Å². The molecule has 4 heterocycles. The molecule has 7 nitrogen and oxygen atoms in total. The number of nitrogens with zero attached hydrogens (tertiary/aromatic N) is 3. The maximum absolute atomic E-state index is 6.50. The Morgan fingerprint density at radius 3 is 1.89 bits per heavy atom. The van der Waals surface area contributed by atoms with Crippen molar-refractivity contribution in [2.45, 2.75) is 20.1 Å². The molecule has 0 atom stereocenters. The predicted molar refractivity (Wildman–Crippen MR) is 305 cm³/mol. The van der Waals surface area contributed by atoms with E-state index >= 15 is 0 Å². The van der Waals surface area contributed by atoms with Gasteiger partial charge in [0, 0.05) is 67.3 Å². The van der Waals surface area contributed by atoms with Crippen LogP contribution in [-0.4, -0.2) is 22.1 Å². The minimum atomic E-state index is 0.420. The molecule has 9 aromatic carbocycles. The maximum atomic E-state index is 6.50. The van der Waals surface area contributed by atoms with Gasteiger partial charge in [0.05, 0.1) is 22.2 Å². The number of hydrogen-bond donors (Lipinski definition) is 2. The molecule has 72 heavy (non-hydrogen) atoms. The Balaban J connectivity index is 0.000000508. The summed E-state index contributed by atoms with van der Waals surface area (Å²) in [6, 6.07) is 69.8. The van der Waals surface area contributed by atoms with Gasteiger partial charge in [0.1, 0.15) is 29.0 Å². The number of aliphatic imine (C=N–C) groups is 1. The largest absolute Gasteiger partial charge is 0.456 e. The number of nitrogens with one attached hydrogen (secondary N) is 1. The van der Waals surface area contributed by atoms with Gasteiger partial charge < -0.3 is 29.1 Å². The molecular formula is C65H51N5O2. The van der Waals surface area contributed by atoms with Gasteiger partial charge >= 0.3 is 0 Å². The number of hydrogen-bond acceptors (Lipinski definition) is 5. The summed E-state index contributed by atoms with van der Waals surface area (Å²) in [5.74, 6) is 0. The van der Waals surface area contributed by atoms with Crippen molar-refractivity contribution in [3.8, 4) is 27.9 Å². The van der Waals surface area contributed by atoms with Crippen LogP contribution in [0.2, 0.25) is 0 Å². The van der Waals surface area contributed by atoms with Crippen LogP contribution in [-0.2, 0) is 13.2 Å². The molecular weight excluding hydrogens is 883 g/mol. The lowest BCUT2D eigenvalue weighted by atomic mass is 9.96. The molecule has 0 radical (unpaired) electrons. The van der Waals surface area contributed by atoms with Gasteiger partial charge in [-0.15, -0.1) is 0 Å². The smallest absolute Gasteiger partial charge is 0.136 e. The van der Waals surface area contributed by atoms with Gasteiger partial charge in [-0.05, 0) is 102 Å². The van der Waals surface area contributed by atoms with Crippen LogP contribution in [0.4, 0.5) is 0 Å². The fraction of sp³-hybridized carbons (Fsp3) is 0.0462. The molecule has 0 bridgehead atoms. The molecule has 0 unspecified atom stereocenters. The first-order chi connectivity index (χ1) is 35.6. The second-order valence-corrected chi connectivity index (χ2v) is 17.5. The van der Waals surface area contributed by atoms with E-state index < -0.39 is 0 Å². The van der Waals surface area contributed by atoms with E-state index in [1.165, 1.54) is 21.9 Å². The summed E-state index contributed by atoms with van der Waals surface area (Å²) in [6.45, 7) is 9.89. The molecule has 13 aromatic rings. The maximum Gasteiger partial charge on any atom is 0.136 e. The molecule has 0 saturated heterocycles. The van der Waals surface area contributed by atoms with Crippen molar-refractivity contribution in [2.24, 2.45) is 10.7 Å². The number of benzene rings is 9. The molecule has 4 aromatic heterocycles. The fourth-order valence-electron chi connectivity index (χ4n) is 10.3. The zero-order valence-corrected chi connectivity index (χ0v) is 39.9. The van der Waals surface area contributed by atoms with Gasteiger partial charge in [-0.1, -0.05) is 164 Å². The van der Waals surface area contributed by atoms with E-state index in [9.17, 15) is 0 Å². The SMILES string of the molecule is C=Cc1c(/C=C\C)n(-c2ccccc2)c2c1ccc1c3ccccc3n(C/N=C/c3cccc4oc5ccc(-c6cccc7oc8ccc(-c9ccccc9)cc8c67)cc5c34)c12.C=N.NCc1ccccc1. The fourth-order valence-corrected chi connectivity index (χ4v) is 10.3. The minimum absolute atomic E-state index is 0.420. The highest BCUT2D eigenvalue weighted by molar-refractivity contribution is 6.20. The third-order valence-electron chi connectivity index (χ3n) is 13.5. The summed E-state index contributed by atoms with van der Waals surface area (Å²) in [6.07, 6.45) is 8.27. The van der Waals surface area contributed by atoms with E-state index in [2.05, 4.69) is 193 Å². The van der Waals surface area contributed by atoms with Crippen molar-refractivity contribution in [3.05, 3.63) is 235 Å². The average molecular weight is 934 g/mol. The third kappa shape index (κ3) is 7.88. The second-order valence-electron chi connectivity index (χ2n) is 17.5. The quantitative estimate of drug-likeness (QED) is 0.141. The average Bonchev–Trinajstić information content (AvgIpc) is 4.20. The van der Waals surface area contributed by atoms with Crippen molar-refractivity contribution < 1.29 is 8.83 Å². The van der Waals surface area contributed by atoms with Gasteiger partial charge in [-0.25, -0.2) is 0 Å². The lowest BCUT2D eigenvalue weighted by molar-refractivity contribution is 0.669. The summed E-state index contributed by atoms with van der Waals surface area (Å²) in [5, 5.41) is 13.3. The molecule has 348 valence electrons. The van der Waals surface area contributed by atoms with Gasteiger partial charge in [0.2, 0.25) is 0 Å². The van der Waals surface area contributed by atoms with Crippen LogP contribution in [0.25, 0.3) is 117 Å². The van der Waals surface area contributed by atoms with Crippen LogP contribution in [0.1, 0.15) is 29.3 Å². The molecule has 0 fully saturated rings. The Morgan fingerprint density at radius 1 is 0.556 bits per heavy atom. The van der Waals surface area contributed by atoms with Crippen LogP contribution in [0.5, 0.6) is 0 Å². The van der Waals surface area contributed by atoms with E-state index in [0.717, 1.165) is 105 Å². The zero-order chi connectivity index (χ0) is 49.1. The van der Waals surface area contributed by atoms with E-state index in [1.807, 2.05) is 60.8 Å². The Bertz CT molecular complexity index is 4170. The monoisotopic (exact) mass is 933 g/mol. The normalized spacial score (nSPS) is 11.6. The van der Waals surface area contributed by atoms with E-state index in [0.29, 0.717) is 13.2 Å². The Morgan fingerprint density at radius 2 is 1.18 bits per heavy atom. The Labute approximate surface area is 417 Å². The number of rotatable bonds is 9. The summed E-state index contributed by atoms with van der Waals surface area (Å²) < 4.78 is 17.7. The highest BCUT2D eigenvalue weighted by Gasteiger charge is 2.22. The number of allylic oxidation sites excluding steroid dienone is 1. The van der Waals surface area contributed by atoms with E-state index in [-0.39, 0.29) is 0 Å². The van der Waals surface area contributed by atoms with Crippen LogP contribution in [0.3, 0.4) is 0 Å². The Hall–Kier alpha value is -9.30. The summed E-state index contributed by atoms with van der Waals surface area (Å²) >= 11 is 0. The summed E-state index contributed by atoms with van der Waals surface area (Å²) in [5.41, 5.74) is 22.2. The van der Waals surface area contributed by atoms with Gasteiger partial charge in [0.25, 0.3) is 0 Å². The molecule has 0 aliphatic carbocycles. The molecule has 7 heteroatoms. The molecule has 0 saturated carbocycles. The number of aromatic nitrogens is 2. The van der Waals surface area contributed by atoms with Crippen LogP contribution < -0.4 is 5.73 Å². The number of para-hydroxylation sites is 2. The number of furan rings is 2. The summed E-state index contributed by atoms with van der Waals surface area (Å²) in [7, 11) is 0. The minimum Gasteiger partial charge on any atom is -0.456 e. The van der Waals surface area contributed by atoms with Gasteiger partial charge in [0.15, 0.2) is 0 Å². The first kappa shape index (κ1) is 45.2. The number of fused-ring (bicyclic) bond motifs is 11. The summed E-state index contributed by atoms with van der Waals surface area (Å²) in [4.78, 5) is 5.24. The molecule has 13 rings (SSSR count). The first-order valence-electron chi connectivity index (χ1n) is 24.1. The molecule has 3 N–H and O–H groups in total. The van der Waals surface area contributed by atoms with Crippen molar-refractivity contribution in [3.63, 3.8) is 0 Å². The van der Waals surface area contributed by atoms with Gasteiger partial charge in [-0.3, -0.25) is 4.99 Å². The van der Waals surface area contributed by atoms with Crippen molar-refractivity contribution >= 4 is 102 Å². The van der Waals surface area contributed by atoms with Crippen molar-refractivity contribution in [2.75, 3.05) is 0 Å². The molecule has 0 spiro atoms. The predicted octanol–water partition coefficient (Wildman–Crippen LogP) is 17.0. The number of nitrogens with two attached hydrogens (primary N) is 1. The molecule has 0 aliphatic heterocycles. The topological polar surface area (TPSA) is 98.4 Å². The van der Waals surface area contributed by atoms with E-state index in [4.69, 9.17) is 25.0 Å². The zero-order valence-electron chi connectivity index (χ0n) is 39.9. The Kier molecular flexibility index (Phi) is 12.3. The van der Waals surface area contributed by atoms with Gasteiger partial charge in [-0.2, -0.15) is 0 Å². The molecule has 0 amide bonds. The lowest BCUT2D eigenvalue weighted by Gasteiger charge is -2.12. The lowest BCUT2D eigenvalue weighted by Crippen LogP contribution is -2.01. The second kappa shape index (κ2) is 19.6. The molecule has 0 aliphatic rings. The van der Waals surface area contributed by atoms with Crippen LogP contribution in [0.15, 0.2) is 227 Å². The standard InChI is InChI=1S/C57H39N3O2.C7H9N.CH3N/c1-3-15-49-41(4-2)44-28-29-45-43-21-11-12-23-48(43)59(56(45)57(44)60(49)40-19-9-6-10-20-40)35-58-34-39-18-13-24-52-54(39)46-33-38(27-31-50(46)61-52)42-22-14-25-53-55(42)47-32-37(26-30-51(47)62-53)36-16-7-5-8-17-36;8-6-7-4-2-1-3-5-7;1-2/h3-34H,2,35H2,1H3;1-5H,6,8H2;2H,1H2/b15-3-,58-34+;;. The first-order valence-corrected chi connectivity index (χ1v) is 24.1. The van der Waals surface area contributed by atoms with Crippen LogP contribution in [0, 0.1) is 5.41 Å². The van der Waals surface area contributed by atoms with Crippen molar-refractivity contribution in [1.82, 2.24) is 9.13 Å². The third-order valence-corrected chi connectivity index (χ3v) is 13.5.